The molecule has 5 heteroatoms. The number of aromatic nitrogens is 2. The van der Waals surface area contributed by atoms with Crippen LogP contribution >= 0.6 is 0 Å². The van der Waals surface area contributed by atoms with Gasteiger partial charge in [-0.1, -0.05) is 42.8 Å². The molecule has 0 fully saturated rings. The normalized spacial score (nSPS) is 12.5. The summed E-state index contributed by atoms with van der Waals surface area (Å²) in [4.78, 5) is 2.26. The van der Waals surface area contributed by atoms with E-state index in [1.165, 1.54) is 5.56 Å². The molecular weight excluding hydrogens is 374 g/mol. The van der Waals surface area contributed by atoms with Gasteiger partial charge in [0, 0.05) is 19.1 Å². The third-order valence-corrected chi connectivity index (χ3v) is 5.18. The fraction of sp³-hybridized carbons (Fsp3) is 0.400. The van der Waals surface area contributed by atoms with E-state index in [0.717, 1.165) is 35.0 Å². The fourth-order valence-electron chi connectivity index (χ4n) is 3.49. The van der Waals surface area contributed by atoms with Crippen molar-refractivity contribution >= 4 is 0 Å². The quantitative estimate of drug-likeness (QED) is 0.534. The van der Waals surface area contributed by atoms with Crippen molar-refractivity contribution in [3.8, 4) is 17.3 Å². The van der Waals surface area contributed by atoms with Crippen molar-refractivity contribution in [3.63, 3.8) is 0 Å². The van der Waals surface area contributed by atoms with Crippen LogP contribution in [0.25, 0.3) is 5.69 Å². The number of para-hydroxylation sites is 1. The fourth-order valence-corrected chi connectivity index (χ4v) is 3.49. The first-order chi connectivity index (χ1) is 14.4. The van der Waals surface area contributed by atoms with Gasteiger partial charge in [0.25, 0.3) is 0 Å². The van der Waals surface area contributed by atoms with Gasteiger partial charge in [-0.25, -0.2) is 4.68 Å². The number of nitrogens with zero attached hydrogens (tertiary/aromatic N) is 3. The predicted octanol–water partition coefficient (Wildman–Crippen LogP) is 5.13. The Bertz CT molecular complexity index is 931. The molecule has 0 saturated heterocycles. The molecule has 0 aliphatic rings. The van der Waals surface area contributed by atoms with Crippen molar-refractivity contribution in [2.75, 3.05) is 6.54 Å². The molecule has 0 spiro atoms. The largest absolute Gasteiger partial charge is 0.439 e. The lowest BCUT2D eigenvalue weighted by atomic mass is 10.1. The van der Waals surface area contributed by atoms with Crippen molar-refractivity contribution in [1.82, 2.24) is 14.7 Å². The molecule has 1 N–H and O–H groups in total. The highest BCUT2D eigenvalue weighted by molar-refractivity contribution is 5.44. The standard InChI is InChI=1S/C25H33N3O2/c1-6-24-23(17-27(18(2)3)16-20(5)29)25(30-22-14-12-19(4)13-15-22)28(26-24)21-10-8-7-9-11-21/h7-15,18,20,29H,6,16-17H2,1-5H3. The number of aliphatic hydroxyl groups is 1. The van der Waals surface area contributed by atoms with Crippen LogP contribution in [0.3, 0.4) is 0 Å². The zero-order chi connectivity index (χ0) is 21.7. The molecule has 5 nitrogen and oxygen atoms in total. The molecule has 0 saturated carbocycles. The molecule has 0 bridgehead atoms. The second kappa shape index (κ2) is 9.92. The molecular formula is C25H33N3O2. The Morgan fingerprint density at radius 1 is 1.03 bits per heavy atom. The summed E-state index contributed by atoms with van der Waals surface area (Å²) in [6.45, 7) is 11.6. The van der Waals surface area contributed by atoms with E-state index >= 15 is 0 Å². The Balaban J connectivity index is 2.08. The van der Waals surface area contributed by atoms with Gasteiger partial charge in [-0.3, -0.25) is 4.90 Å². The van der Waals surface area contributed by atoms with E-state index in [4.69, 9.17) is 9.84 Å². The lowest BCUT2D eigenvalue weighted by Gasteiger charge is -2.28. The minimum Gasteiger partial charge on any atom is -0.439 e. The molecule has 160 valence electrons. The monoisotopic (exact) mass is 407 g/mol. The van der Waals surface area contributed by atoms with E-state index in [2.05, 4.69) is 32.6 Å². The molecule has 0 radical (unpaired) electrons. The van der Waals surface area contributed by atoms with Gasteiger partial charge >= 0.3 is 0 Å². The molecule has 0 amide bonds. The molecule has 0 aliphatic heterocycles. The van der Waals surface area contributed by atoms with Gasteiger partial charge in [0.15, 0.2) is 0 Å². The van der Waals surface area contributed by atoms with Gasteiger partial charge in [0.05, 0.1) is 23.0 Å². The summed E-state index contributed by atoms with van der Waals surface area (Å²) in [5.74, 6) is 1.52. The highest BCUT2D eigenvalue weighted by Crippen LogP contribution is 2.32. The van der Waals surface area contributed by atoms with Crippen LogP contribution in [-0.4, -0.2) is 38.5 Å². The first kappa shape index (κ1) is 22.1. The van der Waals surface area contributed by atoms with Gasteiger partial charge in [-0.15, -0.1) is 0 Å². The van der Waals surface area contributed by atoms with E-state index < -0.39 is 6.10 Å². The van der Waals surface area contributed by atoms with Crippen molar-refractivity contribution in [1.29, 1.82) is 0 Å². The molecule has 1 aromatic heterocycles. The summed E-state index contributed by atoms with van der Waals surface area (Å²) >= 11 is 0. The Kier molecular flexibility index (Phi) is 7.29. The maximum Gasteiger partial charge on any atom is 0.227 e. The van der Waals surface area contributed by atoms with Gasteiger partial charge < -0.3 is 9.84 Å². The van der Waals surface area contributed by atoms with Crippen LogP contribution in [0.5, 0.6) is 11.6 Å². The van der Waals surface area contributed by atoms with E-state index in [1.54, 1.807) is 0 Å². The molecule has 3 aromatic rings. The maximum atomic E-state index is 10.00. The summed E-state index contributed by atoms with van der Waals surface area (Å²) < 4.78 is 8.33. The summed E-state index contributed by atoms with van der Waals surface area (Å²) in [6, 6.07) is 18.4. The predicted molar refractivity (Wildman–Crippen MR) is 121 cm³/mol. The van der Waals surface area contributed by atoms with Gasteiger partial charge in [-0.05, 0) is 58.4 Å². The molecule has 1 unspecified atom stereocenters. The third-order valence-electron chi connectivity index (χ3n) is 5.18. The smallest absolute Gasteiger partial charge is 0.227 e. The van der Waals surface area contributed by atoms with Gasteiger partial charge in [-0.2, -0.15) is 5.10 Å². The summed E-state index contributed by atoms with van der Waals surface area (Å²) in [7, 11) is 0. The average Bonchev–Trinajstić information content (AvgIpc) is 3.06. The van der Waals surface area contributed by atoms with E-state index in [9.17, 15) is 5.11 Å². The average molecular weight is 408 g/mol. The number of hydrogen-bond acceptors (Lipinski definition) is 4. The second-order valence-electron chi connectivity index (χ2n) is 8.12. The Labute approximate surface area is 179 Å². The van der Waals surface area contributed by atoms with Crippen LogP contribution in [0.15, 0.2) is 54.6 Å². The topological polar surface area (TPSA) is 50.5 Å². The molecule has 1 atom stereocenters. The van der Waals surface area contributed by atoms with E-state index in [-0.39, 0.29) is 6.04 Å². The van der Waals surface area contributed by atoms with Crippen LogP contribution in [0, 0.1) is 6.92 Å². The molecule has 1 heterocycles. The molecule has 3 rings (SSSR count). The van der Waals surface area contributed by atoms with Crippen LogP contribution in [0.2, 0.25) is 0 Å². The number of benzene rings is 2. The maximum absolute atomic E-state index is 10.00. The number of rotatable bonds is 9. The van der Waals surface area contributed by atoms with Crippen LogP contribution in [0.4, 0.5) is 0 Å². The molecule has 30 heavy (non-hydrogen) atoms. The lowest BCUT2D eigenvalue weighted by Crippen LogP contribution is -2.36. The SMILES string of the molecule is CCc1nn(-c2ccccc2)c(Oc2ccc(C)cc2)c1CN(CC(C)O)C(C)C. The number of ether oxygens (including phenoxy) is 1. The van der Waals surface area contributed by atoms with E-state index in [1.807, 2.05) is 66.2 Å². The van der Waals surface area contributed by atoms with Crippen molar-refractivity contribution in [2.24, 2.45) is 0 Å². The zero-order valence-electron chi connectivity index (χ0n) is 18.7. The summed E-state index contributed by atoms with van der Waals surface area (Å²) in [5, 5.41) is 14.9. The summed E-state index contributed by atoms with van der Waals surface area (Å²) in [6.07, 6.45) is 0.406. The first-order valence-corrected chi connectivity index (χ1v) is 10.7. The number of aryl methyl sites for hydroxylation is 2. The van der Waals surface area contributed by atoms with Gasteiger partial charge in [0.2, 0.25) is 5.88 Å². The second-order valence-corrected chi connectivity index (χ2v) is 8.12. The van der Waals surface area contributed by atoms with Crippen LogP contribution < -0.4 is 4.74 Å². The first-order valence-electron chi connectivity index (χ1n) is 10.7. The van der Waals surface area contributed by atoms with Crippen molar-refractivity contribution in [3.05, 3.63) is 71.4 Å². The Morgan fingerprint density at radius 3 is 2.27 bits per heavy atom. The number of aliphatic hydroxyl groups excluding tert-OH is 1. The van der Waals surface area contributed by atoms with Crippen molar-refractivity contribution in [2.45, 2.75) is 59.7 Å². The van der Waals surface area contributed by atoms with Crippen LogP contribution in [0.1, 0.15) is 44.5 Å². The molecule has 2 aromatic carbocycles. The zero-order valence-corrected chi connectivity index (χ0v) is 18.7. The Hall–Kier alpha value is -2.63. The molecule has 0 aliphatic carbocycles. The summed E-state index contributed by atoms with van der Waals surface area (Å²) in [5.41, 5.74) is 4.23. The minimum absolute atomic E-state index is 0.289. The minimum atomic E-state index is -0.400. The van der Waals surface area contributed by atoms with Crippen LogP contribution in [-0.2, 0) is 13.0 Å². The highest BCUT2D eigenvalue weighted by atomic mass is 16.5. The Morgan fingerprint density at radius 2 is 1.70 bits per heavy atom. The highest BCUT2D eigenvalue weighted by Gasteiger charge is 2.24. The van der Waals surface area contributed by atoms with Crippen molar-refractivity contribution < 1.29 is 9.84 Å². The van der Waals surface area contributed by atoms with Gasteiger partial charge in [0.1, 0.15) is 5.75 Å². The number of hydrogen-bond donors (Lipinski definition) is 1. The lowest BCUT2D eigenvalue weighted by molar-refractivity contribution is 0.102. The third kappa shape index (κ3) is 5.29. The van der Waals surface area contributed by atoms with E-state index in [0.29, 0.717) is 13.1 Å².